The zero-order valence-corrected chi connectivity index (χ0v) is 13.1. The maximum absolute atomic E-state index is 6.43. The largest absolute Gasteiger partial charge is 0.383 e. The Morgan fingerprint density at radius 1 is 0.864 bits per heavy atom. The Morgan fingerprint density at radius 3 is 2.27 bits per heavy atom. The number of rotatable bonds is 1. The van der Waals surface area contributed by atoms with E-state index in [9.17, 15) is 0 Å². The van der Waals surface area contributed by atoms with Crippen LogP contribution < -0.4 is 5.73 Å². The van der Waals surface area contributed by atoms with Gasteiger partial charge in [-0.1, -0.05) is 36.4 Å². The number of benzene rings is 2. The van der Waals surface area contributed by atoms with E-state index < -0.39 is 0 Å². The van der Waals surface area contributed by atoms with E-state index in [1.807, 2.05) is 0 Å². The third-order valence-corrected chi connectivity index (χ3v) is 4.53. The lowest BCUT2D eigenvalue weighted by Crippen LogP contribution is -2.02. The van der Waals surface area contributed by atoms with Gasteiger partial charge in [-0.15, -0.1) is 0 Å². The number of fused-ring (bicyclic) bond motifs is 3. The van der Waals surface area contributed by atoms with Crippen molar-refractivity contribution in [1.82, 2.24) is 8.97 Å². The van der Waals surface area contributed by atoms with E-state index in [2.05, 4.69) is 78.3 Å². The normalized spacial score (nSPS) is 11.6. The van der Waals surface area contributed by atoms with Gasteiger partial charge in [-0.05, 0) is 44.0 Å². The number of hydrogen-bond donors (Lipinski definition) is 1. The van der Waals surface area contributed by atoms with Crippen LogP contribution in [0.5, 0.6) is 0 Å². The summed E-state index contributed by atoms with van der Waals surface area (Å²) in [5.41, 5.74) is 13.5. The highest BCUT2D eigenvalue weighted by atomic mass is 15.2. The maximum Gasteiger partial charge on any atom is 0.129 e. The molecule has 2 N–H and O–H groups in total. The molecule has 0 aliphatic heterocycles. The number of nitrogen functional groups attached to an aromatic ring is 1. The summed E-state index contributed by atoms with van der Waals surface area (Å²) in [6, 6.07) is 17.0. The Morgan fingerprint density at radius 2 is 1.55 bits per heavy atom. The molecule has 2 heterocycles. The summed E-state index contributed by atoms with van der Waals surface area (Å²) in [5.74, 6) is 0.804. The lowest BCUT2D eigenvalue weighted by Gasteiger charge is -2.13. The molecule has 22 heavy (non-hydrogen) atoms. The molecule has 0 unspecified atom stereocenters. The van der Waals surface area contributed by atoms with Gasteiger partial charge < -0.3 is 5.73 Å². The van der Waals surface area contributed by atoms with Crippen molar-refractivity contribution in [2.75, 3.05) is 5.73 Å². The zero-order chi connectivity index (χ0) is 15.4. The number of para-hydroxylation sites is 2. The number of nitrogens with zero attached hydrogens (tertiary/aromatic N) is 2. The van der Waals surface area contributed by atoms with Crippen LogP contribution in [0.3, 0.4) is 0 Å². The molecule has 0 amide bonds. The monoisotopic (exact) mass is 289 g/mol. The Hall–Kier alpha value is -2.68. The highest BCUT2D eigenvalue weighted by Gasteiger charge is 2.18. The summed E-state index contributed by atoms with van der Waals surface area (Å²) in [6.07, 6.45) is 0. The molecule has 0 aliphatic carbocycles. The van der Waals surface area contributed by atoms with Crippen molar-refractivity contribution in [1.29, 1.82) is 0 Å². The van der Waals surface area contributed by atoms with Crippen molar-refractivity contribution in [2.24, 2.45) is 0 Å². The minimum Gasteiger partial charge on any atom is -0.383 e. The summed E-state index contributed by atoms with van der Waals surface area (Å²) >= 11 is 0. The van der Waals surface area contributed by atoms with Crippen LogP contribution in [0.4, 0.5) is 5.82 Å². The first-order valence-corrected chi connectivity index (χ1v) is 7.53. The average Bonchev–Trinajstić information content (AvgIpc) is 2.98. The molecule has 3 heteroatoms. The number of imidazole rings is 1. The van der Waals surface area contributed by atoms with E-state index in [4.69, 9.17) is 5.73 Å². The fourth-order valence-electron chi connectivity index (χ4n) is 3.45. The summed E-state index contributed by atoms with van der Waals surface area (Å²) in [4.78, 5) is 0. The quantitative estimate of drug-likeness (QED) is 0.554. The molecule has 2 aromatic carbocycles. The Bertz CT molecular complexity index is 998. The third kappa shape index (κ3) is 1.56. The molecule has 2 aromatic heterocycles. The van der Waals surface area contributed by atoms with Gasteiger partial charge in [0.2, 0.25) is 0 Å². The van der Waals surface area contributed by atoms with E-state index in [-0.39, 0.29) is 0 Å². The number of anilines is 1. The minimum absolute atomic E-state index is 0.804. The summed E-state index contributed by atoms with van der Waals surface area (Å²) in [6.45, 7) is 6.39. The third-order valence-electron chi connectivity index (χ3n) is 4.53. The van der Waals surface area contributed by atoms with E-state index in [1.165, 1.54) is 22.2 Å². The van der Waals surface area contributed by atoms with Crippen LogP contribution in [-0.2, 0) is 0 Å². The van der Waals surface area contributed by atoms with Crippen molar-refractivity contribution in [2.45, 2.75) is 20.8 Å². The first-order valence-electron chi connectivity index (χ1n) is 7.53. The number of aryl methyl sites for hydroxylation is 2. The molecule has 0 saturated carbocycles. The lowest BCUT2D eigenvalue weighted by molar-refractivity contribution is 1.02. The maximum atomic E-state index is 6.43. The van der Waals surface area contributed by atoms with Crippen molar-refractivity contribution in [3.8, 4) is 5.69 Å². The average molecular weight is 289 g/mol. The molecule has 110 valence electrons. The van der Waals surface area contributed by atoms with Crippen molar-refractivity contribution >= 4 is 22.4 Å². The van der Waals surface area contributed by atoms with E-state index in [1.54, 1.807) is 0 Å². The second kappa shape index (κ2) is 4.41. The molecule has 0 fully saturated rings. The molecule has 3 nitrogen and oxygen atoms in total. The van der Waals surface area contributed by atoms with Gasteiger partial charge in [0.05, 0.1) is 16.9 Å². The van der Waals surface area contributed by atoms with Crippen LogP contribution in [0.2, 0.25) is 0 Å². The zero-order valence-electron chi connectivity index (χ0n) is 13.1. The minimum atomic E-state index is 0.804. The second-order valence-electron chi connectivity index (χ2n) is 5.94. The SMILES string of the molecule is Cc1cccc(C)c1-n1c(C)c(N)n2c3ccccc3cc12. The van der Waals surface area contributed by atoms with Crippen LogP contribution >= 0.6 is 0 Å². The summed E-state index contributed by atoms with van der Waals surface area (Å²) in [7, 11) is 0. The Kier molecular flexibility index (Phi) is 2.61. The van der Waals surface area contributed by atoms with Gasteiger partial charge in [-0.2, -0.15) is 0 Å². The van der Waals surface area contributed by atoms with Gasteiger partial charge >= 0.3 is 0 Å². The van der Waals surface area contributed by atoms with Crippen LogP contribution in [0.1, 0.15) is 16.8 Å². The molecule has 0 aliphatic rings. The highest BCUT2D eigenvalue weighted by molar-refractivity contribution is 5.89. The molecule has 0 atom stereocenters. The Labute approximate surface area is 129 Å². The smallest absolute Gasteiger partial charge is 0.129 e. The molecule has 4 aromatic rings. The molecule has 0 radical (unpaired) electrons. The van der Waals surface area contributed by atoms with Gasteiger partial charge in [0, 0.05) is 5.39 Å². The molecule has 4 rings (SSSR count). The second-order valence-corrected chi connectivity index (χ2v) is 5.94. The van der Waals surface area contributed by atoms with Crippen LogP contribution in [0.25, 0.3) is 22.2 Å². The first kappa shape index (κ1) is 13.0. The van der Waals surface area contributed by atoms with Crippen LogP contribution in [-0.4, -0.2) is 8.97 Å². The van der Waals surface area contributed by atoms with E-state index in [0.29, 0.717) is 0 Å². The predicted molar refractivity (Wildman–Crippen MR) is 92.9 cm³/mol. The van der Waals surface area contributed by atoms with E-state index >= 15 is 0 Å². The lowest BCUT2D eigenvalue weighted by atomic mass is 10.1. The fourth-order valence-corrected chi connectivity index (χ4v) is 3.45. The van der Waals surface area contributed by atoms with E-state index in [0.717, 1.165) is 22.7 Å². The molecule has 0 spiro atoms. The van der Waals surface area contributed by atoms with Gasteiger partial charge in [-0.25, -0.2) is 0 Å². The highest BCUT2D eigenvalue weighted by Crippen LogP contribution is 2.32. The molecular formula is C19H19N3. The van der Waals surface area contributed by atoms with Gasteiger partial charge in [0.25, 0.3) is 0 Å². The topological polar surface area (TPSA) is 35.4 Å². The number of hydrogen-bond acceptors (Lipinski definition) is 1. The Balaban J connectivity index is 2.21. The predicted octanol–water partition coefficient (Wildman–Crippen LogP) is 4.39. The standard InChI is InChI=1S/C19H19N3/c1-12-7-6-8-13(2)18(12)21-14(3)19(20)22-16-10-5-4-9-15(16)11-17(21)22/h4-11H,20H2,1-3H3. The first-order chi connectivity index (χ1) is 10.6. The summed E-state index contributed by atoms with van der Waals surface area (Å²) in [5, 5.41) is 1.21. The molecule has 0 bridgehead atoms. The van der Waals surface area contributed by atoms with Crippen LogP contribution in [0.15, 0.2) is 48.5 Å². The fraction of sp³-hybridized carbons (Fsp3) is 0.158. The van der Waals surface area contributed by atoms with Crippen molar-refractivity contribution < 1.29 is 0 Å². The van der Waals surface area contributed by atoms with Crippen molar-refractivity contribution in [3.63, 3.8) is 0 Å². The summed E-state index contributed by atoms with van der Waals surface area (Å²) < 4.78 is 4.43. The van der Waals surface area contributed by atoms with Gasteiger partial charge in [0.1, 0.15) is 11.5 Å². The molecule has 0 saturated heterocycles. The van der Waals surface area contributed by atoms with Crippen molar-refractivity contribution in [3.05, 3.63) is 65.4 Å². The van der Waals surface area contributed by atoms with Gasteiger partial charge in [0.15, 0.2) is 0 Å². The van der Waals surface area contributed by atoms with Gasteiger partial charge in [-0.3, -0.25) is 8.97 Å². The number of nitrogens with two attached hydrogens (primary N) is 1. The number of aromatic nitrogens is 2. The molecular weight excluding hydrogens is 270 g/mol. The van der Waals surface area contributed by atoms with Crippen LogP contribution in [0, 0.1) is 20.8 Å².